The van der Waals surface area contributed by atoms with E-state index in [9.17, 15) is 4.79 Å². The Labute approximate surface area is 138 Å². The highest BCUT2D eigenvalue weighted by Crippen LogP contribution is 2.37. The molecule has 0 saturated heterocycles. The second-order valence-electron chi connectivity index (χ2n) is 5.43. The molecule has 23 heavy (non-hydrogen) atoms. The van der Waals surface area contributed by atoms with Crippen molar-refractivity contribution in [1.82, 2.24) is 5.32 Å². The van der Waals surface area contributed by atoms with Gasteiger partial charge in [0.1, 0.15) is 5.76 Å². The molecule has 0 aliphatic carbocycles. The lowest BCUT2D eigenvalue weighted by Crippen LogP contribution is -2.21. The fourth-order valence-electron chi connectivity index (χ4n) is 2.83. The number of hydrogen-bond donors (Lipinski definition) is 1. The van der Waals surface area contributed by atoms with Gasteiger partial charge >= 0.3 is 0 Å². The molecule has 1 aliphatic rings. The number of carbonyl (C=O) groups is 1. The van der Waals surface area contributed by atoms with Crippen molar-refractivity contribution in [2.75, 3.05) is 11.4 Å². The van der Waals surface area contributed by atoms with Gasteiger partial charge in [-0.15, -0.1) is 11.3 Å². The molecule has 0 atom stereocenters. The second kappa shape index (κ2) is 5.93. The summed E-state index contributed by atoms with van der Waals surface area (Å²) in [6.07, 6.45) is 2.66. The summed E-state index contributed by atoms with van der Waals surface area (Å²) in [6.45, 7) is 1.37. The van der Waals surface area contributed by atoms with Gasteiger partial charge in [0, 0.05) is 12.2 Å². The summed E-state index contributed by atoms with van der Waals surface area (Å²) in [5, 5.41) is 3.99. The lowest BCUT2D eigenvalue weighted by molar-refractivity contribution is 0.0952. The van der Waals surface area contributed by atoms with E-state index < -0.39 is 0 Å². The summed E-state index contributed by atoms with van der Waals surface area (Å²) >= 11 is 1.52. The Morgan fingerprint density at radius 2 is 2.09 bits per heavy atom. The maximum Gasteiger partial charge on any atom is 0.261 e. The number of furan rings is 1. The fourth-order valence-corrected chi connectivity index (χ4v) is 3.79. The van der Waals surface area contributed by atoms with Crippen molar-refractivity contribution < 1.29 is 9.21 Å². The van der Waals surface area contributed by atoms with Crippen molar-refractivity contribution in [1.29, 1.82) is 0 Å². The Kier molecular flexibility index (Phi) is 3.63. The molecule has 5 heteroatoms. The molecule has 116 valence electrons. The second-order valence-corrected chi connectivity index (χ2v) is 6.49. The van der Waals surface area contributed by atoms with E-state index in [2.05, 4.69) is 34.5 Å². The van der Waals surface area contributed by atoms with Crippen LogP contribution in [0.15, 0.2) is 59.2 Å². The molecular formula is C18H16N2O2S. The smallest absolute Gasteiger partial charge is 0.261 e. The first-order chi connectivity index (χ1) is 11.3. The minimum atomic E-state index is -0.0647. The van der Waals surface area contributed by atoms with Crippen LogP contribution in [-0.2, 0) is 13.0 Å². The van der Waals surface area contributed by atoms with Crippen LogP contribution in [0.2, 0.25) is 0 Å². The Bertz CT molecular complexity index is 823. The van der Waals surface area contributed by atoms with Crippen molar-refractivity contribution >= 4 is 27.9 Å². The van der Waals surface area contributed by atoms with Gasteiger partial charge in [-0.1, -0.05) is 18.2 Å². The number of thiophene rings is 1. The van der Waals surface area contributed by atoms with Gasteiger partial charge in [0.2, 0.25) is 0 Å². The molecule has 1 aromatic carbocycles. The zero-order valence-corrected chi connectivity index (χ0v) is 13.3. The number of amides is 1. The SMILES string of the molecule is O=C(NCc1ccco1)c1ccc(N2CCc3ccccc32)s1. The van der Waals surface area contributed by atoms with Crippen LogP contribution in [0.4, 0.5) is 10.7 Å². The van der Waals surface area contributed by atoms with E-state index in [-0.39, 0.29) is 5.91 Å². The van der Waals surface area contributed by atoms with Crippen molar-refractivity contribution in [3.05, 3.63) is 71.0 Å². The van der Waals surface area contributed by atoms with Crippen LogP contribution in [-0.4, -0.2) is 12.5 Å². The average Bonchev–Trinajstić information content (AvgIpc) is 3.31. The molecule has 0 bridgehead atoms. The first-order valence-corrected chi connectivity index (χ1v) is 8.39. The van der Waals surface area contributed by atoms with Gasteiger partial charge in [-0.25, -0.2) is 0 Å². The molecule has 1 N–H and O–H groups in total. The predicted octanol–water partition coefficient (Wildman–Crippen LogP) is 3.97. The first-order valence-electron chi connectivity index (χ1n) is 7.57. The van der Waals surface area contributed by atoms with Gasteiger partial charge in [-0.2, -0.15) is 0 Å². The maximum absolute atomic E-state index is 12.3. The minimum absolute atomic E-state index is 0.0647. The third-order valence-electron chi connectivity index (χ3n) is 3.97. The number of nitrogens with zero attached hydrogens (tertiary/aromatic N) is 1. The third kappa shape index (κ3) is 2.75. The van der Waals surface area contributed by atoms with Crippen molar-refractivity contribution in [3.8, 4) is 0 Å². The minimum Gasteiger partial charge on any atom is -0.467 e. The summed E-state index contributed by atoms with van der Waals surface area (Å²) in [4.78, 5) is 15.3. The molecule has 4 rings (SSSR count). The normalized spacial score (nSPS) is 13.1. The van der Waals surface area contributed by atoms with Gasteiger partial charge in [-0.3, -0.25) is 4.79 Å². The number of rotatable bonds is 4. The van der Waals surface area contributed by atoms with E-state index in [0.29, 0.717) is 6.54 Å². The molecule has 0 unspecified atom stereocenters. The van der Waals surface area contributed by atoms with Crippen molar-refractivity contribution in [2.24, 2.45) is 0 Å². The quantitative estimate of drug-likeness (QED) is 0.790. The Morgan fingerprint density at radius 3 is 2.96 bits per heavy atom. The van der Waals surface area contributed by atoms with Crippen LogP contribution in [0.3, 0.4) is 0 Å². The molecule has 0 spiro atoms. The highest BCUT2D eigenvalue weighted by Gasteiger charge is 2.22. The van der Waals surface area contributed by atoms with Crippen LogP contribution < -0.4 is 10.2 Å². The molecule has 0 fully saturated rings. The zero-order chi connectivity index (χ0) is 15.6. The van der Waals surface area contributed by atoms with E-state index in [1.54, 1.807) is 6.26 Å². The van der Waals surface area contributed by atoms with Gasteiger partial charge in [0.05, 0.1) is 22.7 Å². The average molecular weight is 324 g/mol. The topological polar surface area (TPSA) is 45.5 Å². The summed E-state index contributed by atoms with van der Waals surface area (Å²) in [6, 6.07) is 16.0. The van der Waals surface area contributed by atoms with Crippen molar-refractivity contribution in [3.63, 3.8) is 0 Å². The summed E-state index contributed by atoms with van der Waals surface area (Å²) in [7, 11) is 0. The van der Waals surface area contributed by atoms with Crippen LogP contribution in [0, 0.1) is 0 Å². The molecule has 1 amide bonds. The van der Waals surface area contributed by atoms with E-state index in [4.69, 9.17) is 4.42 Å². The van der Waals surface area contributed by atoms with Gasteiger partial charge < -0.3 is 14.6 Å². The molecule has 1 aliphatic heterocycles. The predicted molar refractivity (Wildman–Crippen MR) is 91.3 cm³/mol. The number of hydrogen-bond acceptors (Lipinski definition) is 4. The number of fused-ring (bicyclic) bond motifs is 1. The Morgan fingerprint density at radius 1 is 1.17 bits per heavy atom. The molecule has 2 aromatic heterocycles. The summed E-state index contributed by atoms with van der Waals surface area (Å²) in [5.41, 5.74) is 2.61. The van der Waals surface area contributed by atoms with Crippen molar-refractivity contribution in [2.45, 2.75) is 13.0 Å². The number of anilines is 2. The van der Waals surface area contributed by atoms with E-state index in [1.807, 2.05) is 24.3 Å². The molecule has 4 nitrogen and oxygen atoms in total. The Hall–Kier alpha value is -2.53. The molecule has 3 aromatic rings. The lowest BCUT2D eigenvalue weighted by Gasteiger charge is -2.16. The summed E-state index contributed by atoms with van der Waals surface area (Å²) < 4.78 is 5.23. The first kappa shape index (κ1) is 14.1. The number of carbonyl (C=O) groups excluding carboxylic acids is 1. The summed E-state index contributed by atoms with van der Waals surface area (Å²) in [5.74, 6) is 0.689. The highest BCUT2D eigenvalue weighted by atomic mass is 32.1. The van der Waals surface area contributed by atoms with Crippen LogP contribution in [0.25, 0.3) is 0 Å². The van der Waals surface area contributed by atoms with E-state index in [1.165, 1.54) is 22.6 Å². The van der Waals surface area contributed by atoms with Gasteiger partial charge in [0.15, 0.2) is 0 Å². The highest BCUT2D eigenvalue weighted by molar-refractivity contribution is 7.18. The van der Waals surface area contributed by atoms with E-state index in [0.717, 1.165) is 28.6 Å². The van der Waals surface area contributed by atoms with Crippen LogP contribution >= 0.6 is 11.3 Å². The third-order valence-corrected chi connectivity index (χ3v) is 5.08. The van der Waals surface area contributed by atoms with E-state index >= 15 is 0 Å². The fraction of sp³-hybridized carbons (Fsp3) is 0.167. The lowest BCUT2D eigenvalue weighted by atomic mass is 10.2. The molecule has 0 radical (unpaired) electrons. The Balaban J connectivity index is 1.48. The number of benzene rings is 1. The zero-order valence-electron chi connectivity index (χ0n) is 12.5. The van der Waals surface area contributed by atoms with Crippen LogP contribution in [0.5, 0.6) is 0 Å². The van der Waals surface area contributed by atoms with Gasteiger partial charge in [-0.05, 0) is 42.3 Å². The monoisotopic (exact) mass is 324 g/mol. The van der Waals surface area contributed by atoms with Crippen LogP contribution in [0.1, 0.15) is 21.0 Å². The van der Waals surface area contributed by atoms with Gasteiger partial charge in [0.25, 0.3) is 5.91 Å². The molecule has 0 saturated carbocycles. The standard InChI is InChI=1S/C18H16N2O2S/c21-18(19-12-14-5-3-11-22-14)16-7-8-17(23-16)20-10-9-13-4-1-2-6-15(13)20/h1-8,11H,9-10,12H2,(H,19,21). The number of nitrogens with one attached hydrogen (secondary N) is 1. The number of para-hydroxylation sites is 1. The molecular weight excluding hydrogens is 308 g/mol. The molecule has 3 heterocycles. The largest absolute Gasteiger partial charge is 0.467 e. The maximum atomic E-state index is 12.3.